The molecule has 1 saturated heterocycles. The number of aliphatic carboxylic acids is 1. The van der Waals surface area contributed by atoms with Crippen LogP contribution in [0.1, 0.15) is 71.8 Å². The van der Waals surface area contributed by atoms with Gasteiger partial charge in [-0.1, -0.05) is 20.8 Å². The van der Waals surface area contributed by atoms with Crippen molar-refractivity contribution >= 4 is 29.2 Å². The highest BCUT2D eigenvalue weighted by Crippen LogP contribution is 2.42. The molecule has 2 aromatic rings. The third-order valence-corrected chi connectivity index (χ3v) is 7.61. The quantitative estimate of drug-likeness (QED) is 0.312. The number of carbonyl (C=O) groups excluding carboxylic acids is 2. The number of methoxy groups -OCH3 is 1. The van der Waals surface area contributed by atoms with Crippen molar-refractivity contribution in [3.8, 4) is 11.5 Å². The molecule has 1 fully saturated rings. The highest BCUT2D eigenvalue weighted by atomic mass is 16.5. The maximum atomic E-state index is 13.9. The summed E-state index contributed by atoms with van der Waals surface area (Å²) < 4.78 is 16.9. The van der Waals surface area contributed by atoms with Gasteiger partial charge in [-0.25, -0.2) is 9.78 Å². The van der Waals surface area contributed by atoms with E-state index in [1.54, 1.807) is 30.2 Å². The number of carboxylic acid groups (broad SMARTS) is 1. The molecule has 3 N–H and O–H groups in total. The molecule has 232 valence electrons. The number of ether oxygens (including phenoxy) is 3. The van der Waals surface area contributed by atoms with Crippen LogP contribution in [0.4, 0.5) is 5.69 Å². The Morgan fingerprint density at radius 3 is 2.56 bits per heavy atom. The van der Waals surface area contributed by atoms with Crippen LogP contribution in [0, 0.1) is 11.3 Å². The zero-order valence-corrected chi connectivity index (χ0v) is 25.7. The highest BCUT2D eigenvalue weighted by Gasteiger charge is 2.33. The molecular weight excluding hydrogens is 554 g/mol. The lowest BCUT2D eigenvalue weighted by atomic mass is 9.84. The van der Waals surface area contributed by atoms with Crippen LogP contribution < -0.4 is 19.7 Å². The van der Waals surface area contributed by atoms with Gasteiger partial charge >= 0.3 is 5.97 Å². The van der Waals surface area contributed by atoms with Gasteiger partial charge in [0.2, 0.25) is 0 Å². The number of amidine groups is 1. The topological polar surface area (TPSA) is 154 Å². The zero-order chi connectivity index (χ0) is 31.5. The largest absolute Gasteiger partial charge is 0.491 e. The van der Waals surface area contributed by atoms with E-state index in [1.807, 2.05) is 27.7 Å². The Balaban J connectivity index is 1.68. The lowest BCUT2D eigenvalue weighted by Crippen LogP contribution is -2.31. The van der Waals surface area contributed by atoms with Crippen LogP contribution in [0.3, 0.4) is 0 Å². The lowest BCUT2D eigenvalue weighted by molar-refractivity contribution is -0.139. The molecule has 0 aliphatic carbocycles. The van der Waals surface area contributed by atoms with Gasteiger partial charge in [0.25, 0.3) is 5.91 Å². The van der Waals surface area contributed by atoms with Crippen molar-refractivity contribution in [2.24, 2.45) is 5.92 Å². The van der Waals surface area contributed by atoms with Crippen molar-refractivity contribution in [1.29, 1.82) is 5.41 Å². The molecule has 0 spiro atoms. The minimum absolute atomic E-state index is 0.0520. The summed E-state index contributed by atoms with van der Waals surface area (Å²) in [6.45, 7) is 9.81. The Kier molecular flexibility index (Phi) is 9.59. The molecule has 2 aliphatic heterocycles. The van der Waals surface area contributed by atoms with E-state index in [9.17, 15) is 19.5 Å². The summed E-state index contributed by atoms with van der Waals surface area (Å²) in [6.07, 6.45) is 0.896. The van der Waals surface area contributed by atoms with Gasteiger partial charge in [0.05, 0.1) is 25.4 Å². The number of fused-ring (bicyclic) bond motifs is 1. The maximum Gasteiger partial charge on any atom is 0.341 e. The zero-order valence-electron chi connectivity index (χ0n) is 25.7. The minimum Gasteiger partial charge on any atom is -0.491 e. The molecular formula is C31H41N5O7. The second-order valence-corrected chi connectivity index (χ2v) is 11.8. The molecule has 0 radical (unpaired) electrons. The fraction of sp³-hybridized carbons (Fsp3) is 0.516. The molecule has 1 atom stereocenters. The van der Waals surface area contributed by atoms with Gasteiger partial charge in [-0.15, -0.1) is 0 Å². The van der Waals surface area contributed by atoms with Crippen molar-refractivity contribution in [3.63, 3.8) is 0 Å². The molecule has 0 saturated carbocycles. The van der Waals surface area contributed by atoms with Crippen LogP contribution >= 0.6 is 0 Å². The monoisotopic (exact) mass is 595 g/mol. The molecule has 12 nitrogen and oxygen atoms in total. The van der Waals surface area contributed by atoms with Gasteiger partial charge < -0.3 is 34.4 Å². The first-order valence-electron chi connectivity index (χ1n) is 14.4. The first kappa shape index (κ1) is 31.7. The van der Waals surface area contributed by atoms with Gasteiger partial charge in [0, 0.05) is 56.4 Å². The van der Waals surface area contributed by atoms with Gasteiger partial charge in [-0.3, -0.25) is 15.0 Å². The lowest BCUT2D eigenvalue weighted by Gasteiger charge is -2.29. The van der Waals surface area contributed by atoms with Crippen molar-refractivity contribution in [2.45, 2.75) is 46.1 Å². The third kappa shape index (κ3) is 6.90. The fourth-order valence-electron chi connectivity index (χ4n) is 5.52. The number of rotatable bonds is 12. The summed E-state index contributed by atoms with van der Waals surface area (Å²) in [5, 5.41) is 20.7. The van der Waals surface area contributed by atoms with E-state index in [4.69, 9.17) is 19.6 Å². The number of aromatic nitrogens is 1. The van der Waals surface area contributed by atoms with Gasteiger partial charge in [-0.2, -0.15) is 0 Å². The summed E-state index contributed by atoms with van der Waals surface area (Å²) >= 11 is 0. The first-order valence-corrected chi connectivity index (χ1v) is 14.4. The molecule has 1 aromatic heterocycles. The van der Waals surface area contributed by atoms with Crippen molar-refractivity contribution in [3.05, 3.63) is 46.3 Å². The number of hydrogen-bond acceptors (Lipinski definition) is 9. The summed E-state index contributed by atoms with van der Waals surface area (Å²) in [5.74, 6) is -0.578. The van der Waals surface area contributed by atoms with Crippen LogP contribution in [0.2, 0.25) is 0 Å². The smallest absolute Gasteiger partial charge is 0.341 e. The number of carboxylic acids is 1. The summed E-state index contributed by atoms with van der Waals surface area (Å²) in [4.78, 5) is 45.9. The Morgan fingerprint density at radius 1 is 1.19 bits per heavy atom. The van der Waals surface area contributed by atoms with Crippen molar-refractivity contribution in [1.82, 2.24) is 15.2 Å². The minimum atomic E-state index is -1.09. The van der Waals surface area contributed by atoms with Crippen LogP contribution in [-0.4, -0.2) is 92.1 Å². The van der Waals surface area contributed by atoms with Crippen LogP contribution in [-0.2, 0) is 21.5 Å². The fourth-order valence-corrected chi connectivity index (χ4v) is 5.52. The third-order valence-electron chi connectivity index (χ3n) is 7.61. The molecule has 1 unspecified atom stereocenters. The second kappa shape index (κ2) is 13.0. The number of carbonyl (C=O) groups is 3. The number of benzene rings is 1. The molecule has 12 heteroatoms. The SMILES string of the molecule is CCOc1cc2c(nc1C(=O)NC)C(=N)N(CC(=O)c1cc(N3CCC(COC)C3)c(OCC(=O)O)c(C(C)(C)C)c1)C2. The van der Waals surface area contributed by atoms with E-state index in [-0.39, 0.29) is 30.4 Å². The molecule has 1 amide bonds. The van der Waals surface area contributed by atoms with E-state index < -0.39 is 23.9 Å². The van der Waals surface area contributed by atoms with Crippen LogP contribution in [0.15, 0.2) is 18.2 Å². The second-order valence-electron chi connectivity index (χ2n) is 11.8. The van der Waals surface area contributed by atoms with Crippen molar-refractivity contribution in [2.75, 3.05) is 58.5 Å². The van der Waals surface area contributed by atoms with E-state index >= 15 is 0 Å². The number of Topliss-reactive ketones (excluding diaryl/α,β-unsaturated/α-hetero) is 1. The Morgan fingerprint density at radius 2 is 1.93 bits per heavy atom. The molecule has 1 aromatic carbocycles. The van der Waals surface area contributed by atoms with Crippen LogP contribution in [0.25, 0.3) is 0 Å². The van der Waals surface area contributed by atoms with E-state index in [0.29, 0.717) is 66.2 Å². The number of anilines is 1. The summed E-state index contributed by atoms with van der Waals surface area (Å²) in [5.41, 5.74) is 2.51. The maximum absolute atomic E-state index is 13.9. The van der Waals surface area contributed by atoms with Crippen LogP contribution in [0.5, 0.6) is 11.5 Å². The molecule has 2 aliphatic rings. The van der Waals surface area contributed by atoms with E-state index in [1.165, 1.54) is 7.05 Å². The van der Waals surface area contributed by atoms with Gasteiger partial charge in [-0.05, 0) is 37.0 Å². The average Bonchev–Trinajstić information content (AvgIpc) is 3.54. The Bertz CT molecular complexity index is 1420. The summed E-state index contributed by atoms with van der Waals surface area (Å²) in [7, 11) is 3.17. The average molecular weight is 596 g/mol. The summed E-state index contributed by atoms with van der Waals surface area (Å²) in [6, 6.07) is 5.25. The number of amides is 1. The van der Waals surface area contributed by atoms with Gasteiger partial charge in [0.1, 0.15) is 17.3 Å². The van der Waals surface area contributed by atoms with E-state index in [0.717, 1.165) is 12.0 Å². The number of nitrogens with one attached hydrogen (secondary N) is 2. The molecule has 43 heavy (non-hydrogen) atoms. The predicted octanol–water partition coefficient (Wildman–Crippen LogP) is 3.10. The van der Waals surface area contributed by atoms with E-state index in [2.05, 4.69) is 15.2 Å². The predicted molar refractivity (Wildman–Crippen MR) is 161 cm³/mol. The number of ketones is 1. The van der Waals surface area contributed by atoms with Crippen molar-refractivity contribution < 1.29 is 33.7 Å². The standard InChI is InChI=1S/C31H41N5O7/c1-7-42-24-12-20-14-36(29(32)26(20)34-27(24)30(40)33-5)15-23(37)19-10-21(31(2,3)4)28(43-17-25(38)39)22(11-19)35-9-8-18(13-35)16-41-6/h10-12,18,32H,7-9,13-17H2,1-6H3,(H,33,40)(H,38,39). The molecule has 3 heterocycles. The molecule has 4 rings (SSSR count). The number of pyridine rings is 1. The Hall–Kier alpha value is -4.19. The molecule has 0 bridgehead atoms. The number of hydrogen-bond donors (Lipinski definition) is 3. The highest BCUT2D eigenvalue weighted by molar-refractivity contribution is 6.06. The van der Waals surface area contributed by atoms with Gasteiger partial charge in [0.15, 0.2) is 23.8 Å². The number of nitrogens with zero attached hydrogens (tertiary/aromatic N) is 3. The normalized spacial score (nSPS) is 16.3. The first-order chi connectivity index (χ1) is 20.4. The Labute approximate surface area is 251 Å².